The number of pyridine rings is 1. The molecule has 0 bridgehead atoms. The van der Waals surface area contributed by atoms with Crippen molar-refractivity contribution in [3.8, 4) is 0 Å². The fourth-order valence-corrected chi connectivity index (χ4v) is 5.32. The third-order valence-electron chi connectivity index (χ3n) is 4.98. The van der Waals surface area contributed by atoms with Crippen LogP contribution in [0.25, 0.3) is 10.9 Å². The van der Waals surface area contributed by atoms with Crippen LogP contribution in [0, 0.1) is 5.92 Å². The number of para-hydroxylation sites is 1. The highest BCUT2D eigenvalue weighted by Crippen LogP contribution is 2.30. The van der Waals surface area contributed by atoms with Crippen LogP contribution in [-0.2, 0) is 19.4 Å². The van der Waals surface area contributed by atoms with Crippen molar-refractivity contribution in [3.63, 3.8) is 0 Å². The lowest BCUT2D eigenvalue weighted by atomic mass is 10.1. The molecular formula is C18H19N3O4S. The van der Waals surface area contributed by atoms with Gasteiger partial charge in [0, 0.05) is 30.6 Å². The summed E-state index contributed by atoms with van der Waals surface area (Å²) in [7, 11) is -3.05. The molecule has 2 atom stereocenters. The number of sulfone groups is 1. The summed E-state index contributed by atoms with van der Waals surface area (Å²) >= 11 is 0. The first-order valence-corrected chi connectivity index (χ1v) is 10.4. The fourth-order valence-electron chi connectivity index (χ4n) is 3.65. The van der Waals surface area contributed by atoms with E-state index in [0.29, 0.717) is 12.1 Å². The molecule has 2 amide bonds. The summed E-state index contributed by atoms with van der Waals surface area (Å²) in [5.41, 5.74) is 1.43. The standard InChI is InChI=1S/C18H19N3O4S/c22-16-9-13(18(23)20-14-6-8-26(24,25)11-14)10-21(16)15-5-1-3-12-4-2-7-19-17(12)15/h1-5,7,13-14H,6,8-11H2,(H,20,23). The second-order valence-corrected chi connectivity index (χ2v) is 9.09. The molecule has 3 heterocycles. The number of benzene rings is 1. The minimum Gasteiger partial charge on any atom is -0.352 e. The van der Waals surface area contributed by atoms with Crippen LogP contribution in [0.15, 0.2) is 36.5 Å². The Kier molecular flexibility index (Phi) is 4.14. The summed E-state index contributed by atoms with van der Waals surface area (Å²) in [5.74, 6) is -0.769. The predicted octanol–water partition coefficient (Wildman–Crippen LogP) is 0.891. The Morgan fingerprint density at radius 2 is 2.04 bits per heavy atom. The molecule has 26 heavy (non-hydrogen) atoms. The minimum atomic E-state index is -3.05. The van der Waals surface area contributed by atoms with Crippen LogP contribution in [0.1, 0.15) is 12.8 Å². The largest absolute Gasteiger partial charge is 0.352 e. The van der Waals surface area contributed by atoms with Crippen LogP contribution in [0.2, 0.25) is 0 Å². The van der Waals surface area contributed by atoms with Gasteiger partial charge in [-0.25, -0.2) is 8.42 Å². The van der Waals surface area contributed by atoms with Crippen molar-refractivity contribution in [2.24, 2.45) is 5.92 Å². The second kappa shape index (κ2) is 6.35. The van der Waals surface area contributed by atoms with Gasteiger partial charge in [-0.3, -0.25) is 14.6 Å². The number of carbonyl (C=O) groups excluding carboxylic acids is 2. The SMILES string of the molecule is O=C(NC1CCS(=O)(=O)C1)C1CC(=O)N(c2cccc3cccnc23)C1. The van der Waals surface area contributed by atoms with Gasteiger partial charge in [0.25, 0.3) is 0 Å². The fraction of sp³-hybridized carbons (Fsp3) is 0.389. The van der Waals surface area contributed by atoms with Gasteiger partial charge in [0.2, 0.25) is 11.8 Å². The maximum absolute atomic E-state index is 12.5. The minimum absolute atomic E-state index is 0.0175. The van der Waals surface area contributed by atoms with Gasteiger partial charge < -0.3 is 10.2 Å². The summed E-state index contributed by atoms with van der Waals surface area (Å²) in [5, 5.41) is 3.73. The van der Waals surface area contributed by atoms with Gasteiger partial charge in [-0.2, -0.15) is 0 Å². The molecule has 0 saturated carbocycles. The highest BCUT2D eigenvalue weighted by Gasteiger charge is 2.38. The van der Waals surface area contributed by atoms with E-state index < -0.39 is 15.8 Å². The van der Waals surface area contributed by atoms with Crippen LogP contribution >= 0.6 is 0 Å². The molecule has 0 radical (unpaired) electrons. The van der Waals surface area contributed by atoms with Gasteiger partial charge >= 0.3 is 0 Å². The number of anilines is 1. The summed E-state index contributed by atoms with van der Waals surface area (Å²) < 4.78 is 23.1. The number of aromatic nitrogens is 1. The molecular weight excluding hydrogens is 354 g/mol. The van der Waals surface area contributed by atoms with Crippen LogP contribution in [-0.4, -0.2) is 49.3 Å². The van der Waals surface area contributed by atoms with Crippen molar-refractivity contribution in [1.29, 1.82) is 0 Å². The molecule has 136 valence electrons. The van der Waals surface area contributed by atoms with E-state index in [9.17, 15) is 18.0 Å². The number of amides is 2. The monoisotopic (exact) mass is 373 g/mol. The molecule has 0 aliphatic carbocycles. The molecule has 1 N–H and O–H groups in total. The molecule has 1 aromatic heterocycles. The molecule has 2 unspecified atom stereocenters. The van der Waals surface area contributed by atoms with Crippen molar-refractivity contribution < 1.29 is 18.0 Å². The van der Waals surface area contributed by atoms with Gasteiger partial charge in [-0.05, 0) is 18.6 Å². The Labute approximate surface area is 151 Å². The Morgan fingerprint density at radius 1 is 1.23 bits per heavy atom. The Hall–Kier alpha value is -2.48. The molecule has 7 nitrogen and oxygen atoms in total. The maximum Gasteiger partial charge on any atom is 0.227 e. The number of nitrogens with zero attached hydrogens (tertiary/aromatic N) is 2. The van der Waals surface area contributed by atoms with Crippen molar-refractivity contribution in [2.45, 2.75) is 18.9 Å². The number of hydrogen-bond donors (Lipinski definition) is 1. The number of nitrogens with one attached hydrogen (secondary N) is 1. The normalized spacial score (nSPS) is 24.9. The van der Waals surface area contributed by atoms with Gasteiger partial charge in [0.15, 0.2) is 9.84 Å². The van der Waals surface area contributed by atoms with Crippen LogP contribution in [0.4, 0.5) is 5.69 Å². The first-order valence-electron chi connectivity index (χ1n) is 8.58. The van der Waals surface area contributed by atoms with Crippen LogP contribution in [0.5, 0.6) is 0 Å². The lowest BCUT2D eigenvalue weighted by molar-refractivity contribution is -0.126. The summed E-state index contributed by atoms with van der Waals surface area (Å²) in [6.07, 6.45) is 2.23. The summed E-state index contributed by atoms with van der Waals surface area (Å²) in [4.78, 5) is 31.0. The van der Waals surface area contributed by atoms with E-state index in [1.54, 1.807) is 11.1 Å². The molecule has 8 heteroatoms. The van der Waals surface area contributed by atoms with Crippen molar-refractivity contribution in [3.05, 3.63) is 36.5 Å². The third kappa shape index (κ3) is 3.16. The molecule has 2 aromatic rings. The zero-order valence-electron chi connectivity index (χ0n) is 14.1. The molecule has 0 spiro atoms. The first-order chi connectivity index (χ1) is 12.4. The molecule has 2 aliphatic heterocycles. The summed E-state index contributed by atoms with van der Waals surface area (Å²) in [6.45, 7) is 0.278. The lowest BCUT2D eigenvalue weighted by Crippen LogP contribution is -2.40. The highest BCUT2D eigenvalue weighted by molar-refractivity contribution is 7.91. The predicted molar refractivity (Wildman–Crippen MR) is 97.4 cm³/mol. The van der Waals surface area contributed by atoms with Crippen molar-refractivity contribution in [2.75, 3.05) is 23.0 Å². The van der Waals surface area contributed by atoms with E-state index in [2.05, 4.69) is 10.3 Å². The van der Waals surface area contributed by atoms with Gasteiger partial charge in [-0.1, -0.05) is 18.2 Å². The zero-order valence-corrected chi connectivity index (χ0v) is 14.9. The van der Waals surface area contributed by atoms with E-state index in [4.69, 9.17) is 0 Å². The molecule has 4 rings (SSSR count). The average molecular weight is 373 g/mol. The van der Waals surface area contributed by atoms with E-state index in [1.807, 2.05) is 30.3 Å². The van der Waals surface area contributed by atoms with Crippen LogP contribution in [0.3, 0.4) is 0 Å². The molecule has 1 aromatic carbocycles. The molecule has 2 fully saturated rings. The first kappa shape index (κ1) is 17.0. The van der Waals surface area contributed by atoms with E-state index in [-0.39, 0.29) is 42.3 Å². The van der Waals surface area contributed by atoms with E-state index in [1.165, 1.54) is 0 Å². The number of fused-ring (bicyclic) bond motifs is 1. The molecule has 2 aliphatic rings. The lowest BCUT2D eigenvalue weighted by Gasteiger charge is -2.19. The zero-order chi connectivity index (χ0) is 18.3. The van der Waals surface area contributed by atoms with Crippen molar-refractivity contribution in [1.82, 2.24) is 10.3 Å². The highest BCUT2D eigenvalue weighted by atomic mass is 32.2. The summed E-state index contributed by atoms with van der Waals surface area (Å²) in [6, 6.07) is 9.04. The van der Waals surface area contributed by atoms with E-state index in [0.717, 1.165) is 10.9 Å². The number of hydrogen-bond acceptors (Lipinski definition) is 5. The molecule has 2 saturated heterocycles. The van der Waals surface area contributed by atoms with Gasteiger partial charge in [0.1, 0.15) is 0 Å². The smallest absolute Gasteiger partial charge is 0.227 e. The Balaban J connectivity index is 1.51. The number of carbonyl (C=O) groups is 2. The van der Waals surface area contributed by atoms with Crippen LogP contribution < -0.4 is 10.2 Å². The van der Waals surface area contributed by atoms with Gasteiger partial charge in [-0.15, -0.1) is 0 Å². The Morgan fingerprint density at radius 3 is 2.81 bits per heavy atom. The second-order valence-electron chi connectivity index (χ2n) is 6.87. The van der Waals surface area contributed by atoms with E-state index >= 15 is 0 Å². The quantitative estimate of drug-likeness (QED) is 0.862. The topological polar surface area (TPSA) is 96.4 Å². The average Bonchev–Trinajstić information content (AvgIpc) is 3.16. The van der Waals surface area contributed by atoms with Gasteiger partial charge in [0.05, 0.1) is 28.6 Å². The Bertz CT molecular complexity index is 984. The third-order valence-corrected chi connectivity index (χ3v) is 6.74. The van der Waals surface area contributed by atoms with Crippen molar-refractivity contribution >= 4 is 38.2 Å². The maximum atomic E-state index is 12.5. The number of rotatable bonds is 3.